The van der Waals surface area contributed by atoms with Crippen molar-refractivity contribution in [3.8, 4) is 5.75 Å². The molecule has 34 heavy (non-hydrogen) atoms. The van der Waals surface area contributed by atoms with Gasteiger partial charge in [-0.3, -0.25) is 9.59 Å². The van der Waals surface area contributed by atoms with Gasteiger partial charge < -0.3 is 10.1 Å². The van der Waals surface area contributed by atoms with E-state index < -0.39 is 0 Å². The van der Waals surface area contributed by atoms with Crippen LogP contribution in [0.4, 0.5) is 5.69 Å². The number of hydrazone groups is 1. The van der Waals surface area contributed by atoms with Gasteiger partial charge in [0.25, 0.3) is 0 Å². The molecule has 2 amide bonds. The Morgan fingerprint density at radius 2 is 1.56 bits per heavy atom. The Labute approximate surface area is 212 Å². The number of amides is 2. The summed E-state index contributed by atoms with van der Waals surface area (Å²) in [5.41, 5.74) is 4.83. The minimum atomic E-state index is -0.276. The number of hydrogen-bond donors (Lipinski definition) is 2. The minimum absolute atomic E-state index is 0.170. The van der Waals surface area contributed by atoms with Crippen molar-refractivity contribution in [2.75, 3.05) is 5.32 Å². The largest absolute Gasteiger partial charge is 0.489 e. The number of carbonyl (C=O) groups excluding carboxylic acids is 2. The van der Waals surface area contributed by atoms with Crippen molar-refractivity contribution in [3.05, 3.63) is 92.9 Å². The van der Waals surface area contributed by atoms with E-state index in [9.17, 15) is 9.59 Å². The van der Waals surface area contributed by atoms with Gasteiger partial charge in [0.1, 0.15) is 12.4 Å². The number of nitrogens with zero attached hydrogens (tertiary/aromatic N) is 1. The first-order valence-corrected chi connectivity index (χ1v) is 11.6. The molecular formula is C25H22Cl3N3O3. The molecule has 9 heteroatoms. The van der Waals surface area contributed by atoms with E-state index >= 15 is 0 Å². The molecule has 0 aromatic heterocycles. The van der Waals surface area contributed by atoms with Gasteiger partial charge in [-0.15, -0.1) is 0 Å². The molecule has 3 rings (SSSR count). The van der Waals surface area contributed by atoms with E-state index in [0.29, 0.717) is 33.8 Å². The maximum absolute atomic E-state index is 12.0. The fourth-order valence-electron chi connectivity index (χ4n) is 2.84. The molecular weight excluding hydrogens is 497 g/mol. The Hall–Kier alpha value is -3.06. The summed E-state index contributed by atoms with van der Waals surface area (Å²) in [5.74, 6) is 0.227. The number of ether oxygens (including phenoxy) is 1. The van der Waals surface area contributed by atoms with E-state index in [4.69, 9.17) is 39.5 Å². The predicted octanol–water partition coefficient (Wildman–Crippen LogP) is 6.48. The first kappa shape index (κ1) is 25.6. The van der Waals surface area contributed by atoms with Crippen molar-refractivity contribution >= 4 is 58.5 Å². The quantitative estimate of drug-likeness (QED) is 0.238. The molecule has 0 atom stereocenters. The van der Waals surface area contributed by atoms with Crippen molar-refractivity contribution in [2.24, 2.45) is 5.10 Å². The molecule has 2 N–H and O–H groups in total. The first-order valence-electron chi connectivity index (χ1n) is 10.4. The van der Waals surface area contributed by atoms with Gasteiger partial charge in [-0.05, 0) is 72.1 Å². The number of anilines is 1. The zero-order valence-electron chi connectivity index (χ0n) is 18.1. The van der Waals surface area contributed by atoms with Crippen LogP contribution in [0.5, 0.6) is 5.75 Å². The molecule has 0 unspecified atom stereocenters. The van der Waals surface area contributed by atoms with Gasteiger partial charge in [0.2, 0.25) is 11.8 Å². The SMILES string of the molecule is O=C(CCCC(=O)Nc1ccc(Cl)c(Cl)c1)N/N=C\c1ccc(OCc2ccc(Cl)cc2)cc1. The lowest BCUT2D eigenvalue weighted by molar-refractivity contribution is -0.121. The molecule has 0 heterocycles. The number of rotatable bonds is 10. The highest BCUT2D eigenvalue weighted by Crippen LogP contribution is 2.25. The van der Waals surface area contributed by atoms with Crippen LogP contribution in [-0.4, -0.2) is 18.0 Å². The third kappa shape index (κ3) is 8.71. The third-order valence-corrected chi connectivity index (χ3v) is 5.60. The molecule has 3 aromatic carbocycles. The van der Waals surface area contributed by atoms with Crippen LogP contribution in [-0.2, 0) is 16.2 Å². The van der Waals surface area contributed by atoms with Crippen LogP contribution in [0, 0.1) is 0 Å². The highest BCUT2D eigenvalue weighted by atomic mass is 35.5. The number of nitrogens with one attached hydrogen (secondary N) is 2. The van der Waals surface area contributed by atoms with Crippen LogP contribution in [0.2, 0.25) is 15.1 Å². The predicted molar refractivity (Wildman–Crippen MR) is 137 cm³/mol. The van der Waals surface area contributed by atoms with E-state index in [0.717, 1.165) is 16.9 Å². The van der Waals surface area contributed by atoms with Crippen LogP contribution in [0.15, 0.2) is 71.8 Å². The summed E-state index contributed by atoms with van der Waals surface area (Å²) in [4.78, 5) is 23.9. The van der Waals surface area contributed by atoms with Crippen molar-refractivity contribution in [2.45, 2.75) is 25.9 Å². The summed E-state index contributed by atoms with van der Waals surface area (Å²) < 4.78 is 5.74. The molecule has 6 nitrogen and oxygen atoms in total. The van der Waals surface area contributed by atoms with Gasteiger partial charge in [0.05, 0.1) is 16.3 Å². The summed E-state index contributed by atoms with van der Waals surface area (Å²) in [5, 5.41) is 8.12. The smallest absolute Gasteiger partial charge is 0.240 e. The summed E-state index contributed by atoms with van der Waals surface area (Å²) in [6.45, 7) is 0.437. The maximum atomic E-state index is 12.0. The molecule has 0 aliphatic rings. The Bertz CT molecular complexity index is 1150. The Morgan fingerprint density at radius 3 is 2.26 bits per heavy atom. The summed E-state index contributed by atoms with van der Waals surface area (Å²) in [6, 6.07) is 19.6. The molecule has 0 bridgehead atoms. The van der Waals surface area contributed by atoms with E-state index in [2.05, 4.69) is 15.8 Å². The molecule has 0 fully saturated rings. The van der Waals surface area contributed by atoms with E-state index in [1.807, 2.05) is 48.5 Å². The van der Waals surface area contributed by atoms with Crippen molar-refractivity contribution in [1.29, 1.82) is 0 Å². The Kier molecular flexibility index (Phi) is 9.76. The van der Waals surface area contributed by atoms with Gasteiger partial charge in [-0.25, -0.2) is 5.43 Å². The molecule has 0 saturated heterocycles. The normalized spacial score (nSPS) is 10.8. The average molecular weight is 519 g/mol. The minimum Gasteiger partial charge on any atom is -0.489 e. The highest BCUT2D eigenvalue weighted by Gasteiger charge is 2.07. The molecule has 0 saturated carbocycles. The van der Waals surface area contributed by atoms with Crippen LogP contribution in [0.1, 0.15) is 30.4 Å². The number of carbonyl (C=O) groups is 2. The van der Waals surface area contributed by atoms with Crippen molar-refractivity contribution in [1.82, 2.24) is 5.43 Å². The molecule has 176 valence electrons. The van der Waals surface area contributed by atoms with Gasteiger partial charge >= 0.3 is 0 Å². The summed E-state index contributed by atoms with van der Waals surface area (Å²) in [7, 11) is 0. The summed E-state index contributed by atoms with van der Waals surface area (Å²) >= 11 is 17.7. The standard InChI is InChI=1S/C25H22Cl3N3O3/c26-19-8-4-18(5-9-19)16-34-21-11-6-17(7-12-21)15-29-31-25(33)3-1-2-24(32)30-20-10-13-22(27)23(28)14-20/h4-15H,1-3,16H2,(H,30,32)(H,31,33)/b29-15-. The summed E-state index contributed by atoms with van der Waals surface area (Å²) in [6.07, 6.45) is 2.28. The highest BCUT2D eigenvalue weighted by molar-refractivity contribution is 6.42. The van der Waals surface area contributed by atoms with Gasteiger partial charge in [-0.2, -0.15) is 5.10 Å². The first-order chi connectivity index (χ1) is 16.4. The van der Waals surface area contributed by atoms with Crippen LogP contribution in [0.25, 0.3) is 0 Å². The van der Waals surface area contributed by atoms with E-state index in [1.165, 1.54) is 6.21 Å². The average Bonchev–Trinajstić information content (AvgIpc) is 2.82. The number of benzene rings is 3. The number of halogens is 3. The van der Waals surface area contributed by atoms with Gasteiger partial charge in [0.15, 0.2) is 0 Å². The van der Waals surface area contributed by atoms with E-state index in [-0.39, 0.29) is 24.7 Å². The molecule has 0 radical (unpaired) electrons. The molecule has 0 aliphatic heterocycles. The van der Waals surface area contributed by atoms with Crippen molar-refractivity contribution in [3.63, 3.8) is 0 Å². The Morgan fingerprint density at radius 1 is 0.853 bits per heavy atom. The van der Waals surface area contributed by atoms with Crippen molar-refractivity contribution < 1.29 is 14.3 Å². The lowest BCUT2D eigenvalue weighted by Gasteiger charge is -2.07. The molecule has 0 spiro atoms. The zero-order chi connectivity index (χ0) is 24.3. The second kappa shape index (κ2) is 13.0. The van der Waals surface area contributed by atoms with Crippen LogP contribution in [0.3, 0.4) is 0 Å². The second-order valence-electron chi connectivity index (χ2n) is 7.31. The lowest BCUT2D eigenvalue weighted by Crippen LogP contribution is -2.18. The third-order valence-electron chi connectivity index (χ3n) is 4.61. The van der Waals surface area contributed by atoms with Gasteiger partial charge in [0, 0.05) is 23.6 Å². The zero-order valence-corrected chi connectivity index (χ0v) is 20.3. The molecule has 0 aliphatic carbocycles. The number of hydrogen-bond acceptors (Lipinski definition) is 4. The second-order valence-corrected chi connectivity index (χ2v) is 8.56. The maximum Gasteiger partial charge on any atom is 0.240 e. The van der Waals surface area contributed by atoms with Crippen LogP contribution < -0.4 is 15.5 Å². The van der Waals surface area contributed by atoms with Gasteiger partial charge in [-0.1, -0.05) is 46.9 Å². The molecule has 3 aromatic rings. The topological polar surface area (TPSA) is 79.8 Å². The monoisotopic (exact) mass is 517 g/mol. The lowest BCUT2D eigenvalue weighted by atomic mass is 10.2. The van der Waals surface area contributed by atoms with Crippen LogP contribution >= 0.6 is 34.8 Å². The van der Waals surface area contributed by atoms with E-state index in [1.54, 1.807) is 18.2 Å². The fourth-order valence-corrected chi connectivity index (χ4v) is 3.26. The Balaban J connectivity index is 1.34. The fraction of sp³-hybridized carbons (Fsp3) is 0.160.